The third kappa shape index (κ3) is 2.20. The van der Waals surface area contributed by atoms with Crippen molar-refractivity contribution in [2.24, 2.45) is 5.92 Å². The van der Waals surface area contributed by atoms with E-state index in [9.17, 15) is 4.39 Å². The molecular weight excluding hydrogens is 189 g/mol. The second-order valence-electron chi connectivity index (χ2n) is 4.54. The van der Waals surface area contributed by atoms with Crippen LogP contribution in [-0.4, -0.2) is 13.1 Å². The van der Waals surface area contributed by atoms with Gasteiger partial charge in [-0.3, -0.25) is 0 Å². The first-order chi connectivity index (χ1) is 7.18. The molecular formula is C13H18FN. The molecule has 1 aliphatic heterocycles. The van der Waals surface area contributed by atoms with Crippen molar-refractivity contribution in [2.75, 3.05) is 13.1 Å². The molecule has 1 aromatic carbocycles. The lowest BCUT2D eigenvalue weighted by molar-refractivity contribution is 0.566. The van der Waals surface area contributed by atoms with Crippen LogP contribution in [0.3, 0.4) is 0 Å². The smallest absolute Gasteiger partial charge is 0.129 e. The first-order valence-electron chi connectivity index (χ1n) is 5.64. The number of aryl methyl sites for hydroxylation is 1. The summed E-state index contributed by atoms with van der Waals surface area (Å²) in [4.78, 5) is 0. The van der Waals surface area contributed by atoms with E-state index in [1.54, 1.807) is 0 Å². The average molecular weight is 207 g/mol. The third-order valence-electron chi connectivity index (χ3n) is 3.36. The van der Waals surface area contributed by atoms with Gasteiger partial charge in [-0.15, -0.1) is 0 Å². The first-order valence-corrected chi connectivity index (χ1v) is 5.64. The van der Waals surface area contributed by atoms with Gasteiger partial charge in [0.1, 0.15) is 5.82 Å². The van der Waals surface area contributed by atoms with Gasteiger partial charge in [-0.05, 0) is 62.4 Å². The Morgan fingerprint density at radius 3 is 2.87 bits per heavy atom. The molecule has 82 valence electrons. The Hall–Kier alpha value is -0.890. The Kier molecular flexibility index (Phi) is 3.06. The lowest BCUT2D eigenvalue weighted by atomic mass is 9.94. The van der Waals surface area contributed by atoms with E-state index >= 15 is 0 Å². The van der Waals surface area contributed by atoms with Crippen LogP contribution < -0.4 is 5.32 Å². The van der Waals surface area contributed by atoms with E-state index < -0.39 is 0 Å². The zero-order valence-electron chi connectivity index (χ0n) is 9.44. The Bertz CT molecular complexity index is 354. The van der Waals surface area contributed by atoms with E-state index in [0.29, 0.717) is 5.92 Å². The van der Waals surface area contributed by atoms with Crippen LogP contribution >= 0.6 is 0 Å². The van der Waals surface area contributed by atoms with Crippen molar-refractivity contribution in [1.82, 2.24) is 5.32 Å². The quantitative estimate of drug-likeness (QED) is 0.786. The van der Waals surface area contributed by atoms with Crippen molar-refractivity contribution in [2.45, 2.75) is 26.7 Å². The second-order valence-corrected chi connectivity index (χ2v) is 4.54. The molecule has 1 fully saturated rings. The lowest BCUT2D eigenvalue weighted by Gasteiger charge is -2.12. The predicted octanol–water partition coefficient (Wildman–Crippen LogP) is 2.59. The molecule has 0 saturated carbocycles. The Morgan fingerprint density at radius 1 is 1.40 bits per heavy atom. The van der Waals surface area contributed by atoms with Crippen LogP contribution in [0.5, 0.6) is 0 Å². The molecule has 0 aliphatic carbocycles. The van der Waals surface area contributed by atoms with Crippen molar-refractivity contribution >= 4 is 0 Å². The first kappa shape index (κ1) is 10.6. The van der Waals surface area contributed by atoms with Crippen molar-refractivity contribution in [3.05, 3.63) is 34.6 Å². The van der Waals surface area contributed by atoms with Gasteiger partial charge in [0, 0.05) is 0 Å². The molecule has 1 aliphatic rings. The molecule has 0 aromatic heterocycles. The molecule has 0 spiro atoms. The monoisotopic (exact) mass is 207 g/mol. The summed E-state index contributed by atoms with van der Waals surface area (Å²) in [7, 11) is 0. The minimum absolute atomic E-state index is 0.0292. The summed E-state index contributed by atoms with van der Waals surface area (Å²) in [5.74, 6) is 0.657. The highest BCUT2D eigenvalue weighted by Gasteiger charge is 2.17. The summed E-state index contributed by atoms with van der Waals surface area (Å²) in [5, 5.41) is 3.34. The zero-order valence-corrected chi connectivity index (χ0v) is 9.44. The van der Waals surface area contributed by atoms with Crippen molar-refractivity contribution in [1.29, 1.82) is 0 Å². The molecule has 1 saturated heterocycles. The summed E-state index contributed by atoms with van der Waals surface area (Å²) < 4.78 is 13.6. The third-order valence-corrected chi connectivity index (χ3v) is 3.36. The average Bonchev–Trinajstić information content (AvgIpc) is 2.72. The van der Waals surface area contributed by atoms with Gasteiger partial charge in [-0.2, -0.15) is 0 Å². The van der Waals surface area contributed by atoms with Crippen LogP contribution in [0, 0.1) is 25.6 Å². The Morgan fingerprint density at radius 2 is 2.20 bits per heavy atom. The normalized spacial score (nSPS) is 20.9. The van der Waals surface area contributed by atoms with Gasteiger partial charge in [-0.1, -0.05) is 12.1 Å². The summed E-state index contributed by atoms with van der Waals surface area (Å²) >= 11 is 0. The van der Waals surface area contributed by atoms with Gasteiger partial charge >= 0.3 is 0 Å². The largest absolute Gasteiger partial charge is 0.316 e. The highest BCUT2D eigenvalue weighted by Crippen LogP contribution is 2.21. The SMILES string of the molecule is Cc1ccc(CC2CCNC2)c(C)c1F. The summed E-state index contributed by atoms with van der Waals surface area (Å²) in [6, 6.07) is 3.96. The van der Waals surface area contributed by atoms with Crippen molar-refractivity contribution in [3.63, 3.8) is 0 Å². The maximum absolute atomic E-state index is 13.6. The van der Waals surface area contributed by atoms with Crippen LogP contribution in [0.2, 0.25) is 0 Å². The van der Waals surface area contributed by atoms with E-state index in [2.05, 4.69) is 11.4 Å². The van der Waals surface area contributed by atoms with Gasteiger partial charge in [0.2, 0.25) is 0 Å². The fourth-order valence-electron chi connectivity index (χ4n) is 2.28. The fraction of sp³-hybridized carbons (Fsp3) is 0.538. The van der Waals surface area contributed by atoms with E-state index in [-0.39, 0.29) is 5.82 Å². The molecule has 15 heavy (non-hydrogen) atoms. The summed E-state index contributed by atoms with van der Waals surface area (Å²) in [6.07, 6.45) is 2.23. The number of rotatable bonds is 2. The predicted molar refractivity (Wildman–Crippen MR) is 60.6 cm³/mol. The van der Waals surface area contributed by atoms with Gasteiger partial charge in [0.25, 0.3) is 0 Å². The highest BCUT2D eigenvalue weighted by molar-refractivity contribution is 5.32. The van der Waals surface area contributed by atoms with Crippen LogP contribution in [-0.2, 0) is 6.42 Å². The summed E-state index contributed by atoms with van der Waals surface area (Å²) in [5.41, 5.74) is 2.76. The molecule has 2 heteroatoms. The molecule has 0 radical (unpaired) electrons. The highest BCUT2D eigenvalue weighted by atomic mass is 19.1. The summed E-state index contributed by atoms with van der Waals surface area (Å²) in [6.45, 7) is 5.90. The lowest BCUT2D eigenvalue weighted by Crippen LogP contribution is -2.11. The minimum atomic E-state index is -0.0292. The fourth-order valence-corrected chi connectivity index (χ4v) is 2.28. The van der Waals surface area contributed by atoms with Crippen LogP contribution in [0.4, 0.5) is 4.39 Å². The van der Waals surface area contributed by atoms with Gasteiger partial charge in [0.05, 0.1) is 0 Å². The molecule has 1 atom stereocenters. The molecule has 2 rings (SSSR count). The minimum Gasteiger partial charge on any atom is -0.316 e. The zero-order chi connectivity index (χ0) is 10.8. The van der Waals surface area contributed by atoms with E-state index in [0.717, 1.165) is 30.6 Å². The van der Waals surface area contributed by atoms with Gasteiger partial charge < -0.3 is 5.32 Å². The van der Waals surface area contributed by atoms with Crippen molar-refractivity contribution < 1.29 is 4.39 Å². The Balaban J connectivity index is 2.17. The number of benzene rings is 1. The van der Waals surface area contributed by atoms with E-state index in [4.69, 9.17) is 0 Å². The maximum Gasteiger partial charge on any atom is 0.129 e. The molecule has 0 bridgehead atoms. The van der Waals surface area contributed by atoms with Gasteiger partial charge in [-0.25, -0.2) is 4.39 Å². The van der Waals surface area contributed by atoms with Crippen LogP contribution in [0.25, 0.3) is 0 Å². The molecule has 1 nitrogen and oxygen atoms in total. The molecule has 1 N–H and O–H groups in total. The number of hydrogen-bond donors (Lipinski definition) is 1. The second kappa shape index (κ2) is 4.31. The molecule has 1 unspecified atom stereocenters. The Labute approximate surface area is 90.7 Å². The van der Waals surface area contributed by atoms with Crippen LogP contribution in [0.15, 0.2) is 12.1 Å². The maximum atomic E-state index is 13.6. The van der Waals surface area contributed by atoms with Gasteiger partial charge in [0.15, 0.2) is 0 Å². The standard InChI is InChI=1S/C13H18FN/c1-9-3-4-12(10(2)13(9)14)7-11-5-6-15-8-11/h3-4,11,15H,5-8H2,1-2H3. The molecule has 1 heterocycles. The molecule has 1 aromatic rings. The number of hydrogen-bond acceptors (Lipinski definition) is 1. The number of halogens is 1. The number of nitrogens with one attached hydrogen (secondary N) is 1. The van der Waals surface area contributed by atoms with Crippen molar-refractivity contribution in [3.8, 4) is 0 Å². The topological polar surface area (TPSA) is 12.0 Å². The molecule has 0 amide bonds. The van der Waals surface area contributed by atoms with E-state index in [1.807, 2.05) is 19.9 Å². The van der Waals surface area contributed by atoms with Crippen LogP contribution in [0.1, 0.15) is 23.1 Å². The van der Waals surface area contributed by atoms with E-state index in [1.165, 1.54) is 12.0 Å².